The topological polar surface area (TPSA) is 61.6 Å². The van der Waals surface area contributed by atoms with Gasteiger partial charge in [-0.3, -0.25) is 9.48 Å². The summed E-state index contributed by atoms with van der Waals surface area (Å²) in [4.78, 5) is 15.7. The minimum absolute atomic E-state index is 0.00139. The van der Waals surface area contributed by atoms with Gasteiger partial charge >= 0.3 is 0 Å². The average molecular weight is 252 g/mol. The first-order chi connectivity index (χ1) is 8.47. The lowest BCUT2D eigenvalue weighted by atomic mass is 10.2. The quantitative estimate of drug-likeness (QED) is 0.774. The highest BCUT2D eigenvalue weighted by molar-refractivity contribution is 5.76. The van der Waals surface area contributed by atoms with Crippen LogP contribution in [0, 0.1) is 6.92 Å². The number of hydrogen-bond acceptors (Lipinski definition) is 4. The highest BCUT2D eigenvalue weighted by Crippen LogP contribution is 2.14. The van der Waals surface area contributed by atoms with Crippen LogP contribution in [0.15, 0.2) is 12.4 Å². The van der Waals surface area contributed by atoms with Crippen LogP contribution in [0.25, 0.3) is 0 Å². The van der Waals surface area contributed by atoms with Gasteiger partial charge in [0.15, 0.2) is 0 Å². The minimum Gasteiger partial charge on any atom is -0.390 e. The molecule has 2 atom stereocenters. The Morgan fingerprint density at radius 3 is 2.78 bits per heavy atom. The van der Waals surface area contributed by atoms with Crippen LogP contribution in [0.4, 0.5) is 0 Å². The number of hydrogen-bond donors (Lipinski definition) is 1. The number of aryl methyl sites for hydroxylation is 1. The van der Waals surface area contributed by atoms with Crippen molar-refractivity contribution in [2.75, 3.05) is 27.2 Å². The molecule has 0 aliphatic carbocycles. The van der Waals surface area contributed by atoms with E-state index in [1.54, 1.807) is 15.8 Å². The van der Waals surface area contributed by atoms with Crippen molar-refractivity contribution in [1.29, 1.82) is 0 Å². The molecule has 1 amide bonds. The monoisotopic (exact) mass is 252 g/mol. The van der Waals surface area contributed by atoms with Gasteiger partial charge in [-0.05, 0) is 26.6 Å². The number of aliphatic hydroxyl groups is 1. The van der Waals surface area contributed by atoms with E-state index in [1.165, 1.54) is 0 Å². The molecule has 2 heterocycles. The summed E-state index contributed by atoms with van der Waals surface area (Å²) in [5.41, 5.74) is 1.04. The van der Waals surface area contributed by atoms with Crippen molar-refractivity contribution in [3.8, 4) is 0 Å². The molecule has 2 rings (SSSR count). The summed E-state index contributed by atoms with van der Waals surface area (Å²) in [6.45, 7) is 3.16. The number of nitrogens with zero attached hydrogens (tertiary/aromatic N) is 4. The predicted octanol–water partition coefficient (Wildman–Crippen LogP) is -0.675. The molecule has 1 aliphatic heterocycles. The molecule has 1 aromatic heterocycles. The average Bonchev–Trinajstić information content (AvgIpc) is 2.85. The van der Waals surface area contributed by atoms with Crippen molar-refractivity contribution < 1.29 is 9.90 Å². The lowest BCUT2D eigenvalue weighted by Gasteiger charge is -2.21. The Labute approximate surface area is 107 Å². The van der Waals surface area contributed by atoms with Gasteiger partial charge in [0.05, 0.1) is 18.3 Å². The van der Waals surface area contributed by atoms with E-state index in [4.69, 9.17) is 0 Å². The van der Waals surface area contributed by atoms with Crippen molar-refractivity contribution in [3.63, 3.8) is 0 Å². The van der Waals surface area contributed by atoms with Gasteiger partial charge < -0.3 is 14.9 Å². The fourth-order valence-electron chi connectivity index (χ4n) is 2.27. The number of aromatic nitrogens is 2. The third-order valence-corrected chi connectivity index (χ3v) is 3.33. The lowest BCUT2D eigenvalue weighted by Crippen LogP contribution is -2.38. The number of likely N-dealkylation sites (tertiary alicyclic amines) is 1. The molecular weight excluding hydrogens is 232 g/mol. The van der Waals surface area contributed by atoms with Crippen LogP contribution in [0.5, 0.6) is 0 Å². The Kier molecular flexibility index (Phi) is 3.68. The summed E-state index contributed by atoms with van der Waals surface area (Å²) in [6, 6.07) is 0.0216. The first-order valence-corrected chi connectivity index (χ1v) is 6.08. The largest absolute Gasteiger partial charge is 0.390 e. The van der Waals surface area contributed by atoms with Crippen LogP contribution in [0.1, 0.15) is 5.56 Å². The van der Waals surface area contributed by atoms with Crippen molar-refractivity contribution in [1.82, 2.24) is 19.6 Å². The van der Waals surface area contributed by atoms with Gasteiger partial charge in [-0.25, -0.2) is 0 Å². The SMILES string of the molecule is Cc1cnn(CC(=O)N2C[C@@H](O)[C@H](N(C)C)C2)c1. The molecule has 1 aromatic rings. The van der Waals surface area contributed by atoms with E-state index >= 15 is 0 Å². The summed E-state index contributed by atoms with van der Waals surface area (Å²) in [5, 5.41) is 14.0. The van der Waals surface area contributed by atoms with E-state index < -0.39 is 6.10 Å². The molecule has 0 saturated carbocycles. The molecule has 100 valence electrons. The van der Waals surface area contributed by atoms with E-state index in [-0.39, 0.29) is 18.5 Å². The summed E-state index contributed by atoms with van der Waals surface area (Å²) in [6.07, 6.45) is 3.10. The third-order valence-electron chi connectivity index (χ3n) is 3.33. The first-order valence-electron chi connectivity index (χ1n) is 6.08. The second kappa shape index (κ2) is 5.07. The van der Waals surface area contributed by atoms with Gasteiger partial charge in [0.2, 0.25) is 5.91 Å². The van der Waals surface area contributed by atoms with Crippen molar-refractivity contribution in [2.24, 2.45) is 0 Å². The van der Waals surface area contributed by atoms with Crippen molar-refractivity contribution in [3.05, 3.63) is 18.0 Å². The van der Waals surface area contributed by atoms with Crippen LogP contribution in [-0.2, 0) is 11.3 Å². The zero-order chi connectivity index (χ0) is 13.3. The van der Waals surface area contributed by atoms with Crippen molar-refractivity contribution >= 4 is 5.91 Å². The molecule has 1 fully saturated rings. The maximum absolute atomic E-state index is 12.1. The molecule has 0 unspecified atom stereocenters. The molecule has 1 N–H and O–H groups in total. The van der Waals surface area contributed by atoms with Gasteiger partial charge in [0, 0.05) is 19.3 Å². The number of β-amino-alcohol motifs (C(OH)–C–C–N with tert-alkyl or cyclic N) is 1. The fraction of sp³-hybridized carbons (Fsp3) is 0.667. The highest BCUT2D eigenvalue weighted by Gasteiger charge is 2.35. The van der Waals surface area contributed by atoms with E-state index in [0.29, 0.717) is 13.1 Å². The van der Waals surface area contributed by atoms with Crippen LogP contribution in [0.3, 0.4) is 0 Å². The van der Waals surface area contributed by atoms with E-state index in [9.17, 15) is 9.90 Å². The molecule has 0 radical (unpaired) electrons. The van der Waals surface area contributed by atoms with Crippen LogP contribution >= 0.6 is 0 Å². The van der Waals surface area contributed by atoms with Crippen LogP contribution in [-0.4, -0.2) is 69.9 Å². The second-order valence-electron chi connectivity index (χ2n) is 5.11. The number of aliphatic hydroxyl groups excluding tert-OH is 1. The second-order valence-corrected chi connectivity index (χ2v) is 5.11. The molecule has 6 heteroatoms. The Morgan fingerprint density at radius 1 is 1.56 bits per heavy atom. The molecule has 0 aromatic carbocycles. The van der Waals surface area contributed by atoms with Crippen molar-refractivity contribution in [2.45, 2.75) is 25.6 Å². The smallest absolute Gasteiger partial charge is 0.244 e. The predicted molar refractivity (Wildman–Crippen MR) is 67.0 cm³/mol. The van der Waals surface area contributed by atoms with Gasteiger partial charge in [-0.2, -0.15) is 5.10 Å². The highest BCUT2D eigenvalue weighted by atomic mass is 16.3. The number of amides is 1. The van der Waals surface area contributed by atoms with E-state index in [1.807, 2.05) is 32.1 Å². The van der Waals surface area contributed by atoms with E-state index in [0.717, 1.165) is 5.56 Å². The zero-order valence-corrected chi connectivity index (χ0v) is 11.1. The fourth-order valence-corrected chi connectivity index (χ4v) is 2.27. The number of likely N-dealkylation sites (N-methyl/N-ethyl adjacent to an activating group) is 1. The Hall–Kier alpha value is -1.40. The van der Waals surface area contributed by atoms with Gasteiger partial charge in [-0.15, -0.1) is 0 Å². The molecule has 0 spiro atoms. The van der Waals surface area contributed by atoms with Gasteiger partial charge in [0.1, 0.15) is 6.54 Å². The third kappa shape index (κ3) is 2.70. The van der Waals surface area contributed by atoms with E-state index in [2.05, 4.69) is 5.10 Å². The van der Waals surface area contributed by atoms with Gasteiger partial charge in [-0.1, -0.05) is 0 Å². The number of rotatable bonds is 3. The molecule has 18 heavy (non-hydrogen) atoms. The minimum atomic E-state index is -0.469. The standard InChI is InChI=1S/C12H20N4O2/c1-9-4-13-16(5-9)8-12(18)15-6-10(14(2)3)11(17)7-15/h4-5,10-11,17H,6-8H2,1-3H3/t10-,11-/m1/s1. The number of carbonyl (C=O) groups excluding carboxylic acids is 1. The Balaban J connectivity index is 1.95. The molecule has 1 aliphatic rings. The maximum Gasteiger partial charge on any atom is 0.244 e. The molecular formula is C12H20N4O2. The Morgan fingerprint density at radius 2 is 2.28 bits per heavy atom. The van der Waals surface area contributed by atoms with Crippen LogP contribution in [0.2, 0.25) is 0 Å². The normalized spacial score (nSPS) is 23.9. The summed E-state index contributed by atoms with van der Waals surface area (Å²) >= 11 is 0. The Bertz CT molecular complexity index is 429. The lowest BCUT2D eigenvalue weighted by molar-refractivity contribution is -0.131. The van der Waals surface area contributed by atoms with Crippen LogP contribution < -0.4 is 0 Å². The zero-order valence-electron chi connectivity index (χ0n) is 11.1. The molecule has 1 saturated heterocycles. The maximum atomic E-state index is 12.1. The first kappa shape index (κ1) is 13.0. The summed E-state index contributed by atoms with van der Waals surface area (Å²) in [7, 11) is 3.83. The molecule has 0 bridgehead atoms. The molecule has 6 nitrogen and oxygen atoms in total. The summed E-state index contributed by atoms with van der Waals surface area (Å²) < 4.78 is 1.63. The van der Waals surface area contributed by atoms with Gasteiger partial charge in [0.25, 0.3) is 0 Å². The summed E-state index contributed by atoms with van der Waals surface area (Å²) in [5.74, 6) is 0.00139. The number of carbonyl (C=O) groups is 1.